The summed E-state index contributed by atoms with van der Waals surface area (Å²) in [7, 11) is 2.22. The van der Waals surface area contributed by atoms with Gasteiger partial charge in [0.15, 0.2) is 0 Å². The van der Waals surface area contributed by atoms with Crippen molar-refractivity contribution in [3.05, 3.63) is 0 Å². The molecule has 0 saturated heterocycles. The largest absolute Gasteiger partial charge is 0.326 e. The second kappa shape index (κ2) is 4.97. The summed E-state index contributed by atoms with van der Waals surface area (Å²) in [5.41, 5.74) is 6.11. The van der Waals surface area contributed by atoms with E-state index in [0.29, 0.717) is 12.1 Å². The lowest BCUT2D eigenvalue weighted by Gasteiger charge is -2.36. The van der Waals surface area contributed by atoms with E-state index in [1.54, 1.807) is 0 Å². The van der Waals surface area contributed by atoms with Gasteiger partial charge in [0.05, 0.1) is 0 Å². The smallest absolute Gasteiger partial charge is 0.0244 e. The number of hydrogen-bond acceptors (Lipinski definition) is 2. The van der Waals surface area contributed by atoms with Crippen molar-refractivity contribution in [2.75, 3.05) is 13.6 Å². The fourth-order valence-electron chi connectivity index (χ4n) is 2.40. The van der Waals surface area contributed by atoms with Crippen LogP contribution in [0.1, 0.15) is 39.5 Å². The third-order valence-corrected chi connectivity index (χ3v) is 3.00. The van der Waals surface area contributed by atoms with Gasteiger partial charge in [-0.1, -0.05) is 26.7 Å². The highest BCUT2D eigenvalue weighted by Gasteiger charge is 2.25. The van der Waals surface area contributed by atoms with Crippen LogP contribution in [0.15, 0.2) is 0 Å². The summed E-state index contributed by atoms with van der Waals surface area (Å²) < 4.78 is 0. The zero-order valence-electron chi connectivity index (χ0n) is 9.29. The minimum atomic E-state index is 0.414. The molecular formula is C11H24N2. The van der Waals surface area contributed by atoms with E-state index < -0.39 is 0 Å². The van der Waals surface area contributed by atoms with Crippen molar-refractivity contribution < 1.29 is 0 Å². The van der Waals surface area contributed by atoms with E-state index in [-0.39, 0.29) is 0 Å². The molecule has 13 heavy (non-hydrogen) atoms. The zero-order valence-corrected chi connectivity index (χ0v) is 9.29. The highest BCUT2D eigenvalue weighted by Crippen LogP contribution is 2.21. The SMILES string of the molecule is CC(C)CN(C)C1CCCCC1N. The van der Waals surface area contributed by atoms with Crippen molar-refractivity contribution in [3.8, 4) is 0 Å². The van der Waals surface area contributed by atoms with E-state index in [4.69, 9.17) is 5.73 Å². The molecule has 0 amide bonds. The zero-order chi connectivity index (χ0) is 9.84. The van der Waals surface area contributed by atoms with Gasteiger partial charge in [0, 0.05) is 18.6 Å². The van der Waals surface area contributed by atoms with Crippen LogP contribution in [-0.2, 0) is 0 Å². The van der Waals surface area contributed by atoms with Crippen LogP contribution in [0.2, 0.25) is 0 Å². The molecule has 2 heteroatoms. The molecule has 0 aromatic carbocycles. The molecule has 2 N–H and O–H groups in total. The van der Waals surface area contributed by atoms with Crippen LogP contribution in [0.4, 0.5) is 0 Å². The van der Waals surface area contributed by atoms with Crippen LogP contribution in [0.3, 0.4) is 0 Å². The summed E-state index contributed by atoms with van der Waals surface area (Å²) in [5.74, 6) is 0.749. The highest BCUT2D eigenvalue weighted by atomic mass is 15.1. The average molecular weight is 184 g/mol. The van der Waals surface area contributed by atoms with Gasteiger partial charge in [-0.25, -0.2) is 0 Å². The summed E-state index contributed by atoms with van der Waals surface area (Å²) in [6.45, 7) is 5.72. The van der Waals surface area contributed by atoms with Crippen LogP contribution in [0.25, 0.3) is 0 Å². The molecule has 0 aromatic rings. The molecule has 0 radical (unpaired) electrons. The van der Waals surface area contributed by atoms with Gasteiger partial charge in [-0.05, 0) is 25.8 Å². The van der Waals surface area contributed by atoms with Crippen molar-refractivity contribution in [3.63, 3.8) is 0 Å². The first-order chi connectivity index (χ1) is 6.11. The lowest BCUT2D eigenvalue weighted by molar-refractivity contribution is 0.154. The molecule has 0 spiro atoms. The molecular weight excluding hydrogens is 160 g/mol. The number of nitrogens with two attached hydrogens (primary N) is 1. The number of hydrogen-bond donors (Lipinski definition) is 1. The standard InChI is InChI=1S/C11H24N2/c1-9(2)8-13(3)11-7-5-4-6-10(11)12/h9-11H,4-8,12H2,1-3H3. The maximum absolute atomic E-state index is 6.11. The molecule has 2 unspecified atom stereocenters. The van der Waals surface area contributed by atoms with Crippen LogP contribution >= 0.6 is 0 Å². The van der Waals surface area contributed by atoms with E-state index in [1.165, 1.54) is 32.2 Å². The van der Waals surface area contributed by atoms with Crippen LogP contribution in [0.5, 0.6) is 0 Å². The van der Waals surface area contributed by atoms with Gasteiger partial charge in [0.1, 0.15) is 0 Å². The summed E-state index contributed by atoms with van der Waals surface area (Å²) in [5, 5.41) is 0. The molecule has 0 bridgehead atoms. The number of rotatable bonds is 3. The molecule has 0 aliphatic heterocycles. The average Bonchev–Trinajstić information content (AvgIpc) is 2.03. The van der Waals surface area contributed by atoms with Gasteiger partial charge in [-0.15, -0.1) is 0 Å². The first kappa shape index (κ1) is 11.0. The minimum absolute atomic E-state index is 0.414. The number of likely N-dealkylation sites (N-methyl/N-ethyl adjacent to an activating group) is 1. The van der Waals surface area contributed by atoms with Crippen LogP contribution in [0, 0.1) is 5.92 Å². The molecule has 0 heterocycles. The Labute approximate surface area is 82.5 Å². The maximum atomic E-state index is 6.11. The fourth-order valence-corrected chi connectivity index (χ4v) is 2.40. The molecule has 1 rings (SSSR count). The first-order valence-corrected chi connectivity index (χ1v) is 5.57. The summed E-state index contributed by atoms with van der Waals surface area (Å²) in [4.78, 5) is 2.45. The highest BCUT2D eigenvalue weighted by molar-refractivity contribution is 4.84. The topological polar surface area (TPSA) is 29.3 Å². The molecule has 0 aromatic heterocycles. The van der Waals surface area contributed by atoms with Gasteiger partial charge < -0.3 is 10.6 Å². The summed E-state index contributed by atoms with van der Waals surface area (Å²) >= 11 is 0. The van der Waals surface area contributed by atoms with E-state index in [2.05, 4.69) is 25.8 Å². The molecule has 1 aliphatic rings. The van der Waals surface area contributed by atoms with Gasteiger partial charge in [-0.2, -0.15) is 0 Å². The molecule has 2 atom stereocenters. The van der Waals surface area contributed by atoms with E-state index in [9.17, 15) is 0 Å². The van der Waals surface area contributed by atoms with Crippen molar-refractivity contribution in [2.45, 2.75) is 51.6 Å². The molecule has 1 saturated carbocycles. The lowest BCUT2D eigenvalue weighted by atomic mass is 9.90. The third kappa shape index (κ3) is 3.28. The van der Waals surface area contributed by atoms with Gasteiger partial charge >= 0.3 is 0 Å². The van der Waals surface area contributed by atoms with Crippen molar-refractivity contribution >= 4 is 0 Å². The molecule has 2 nitrogen and oxygen atoms in total. The molecule has 1 aliphatic carbocycles. The Balaban J connectivity index is 2.39. The van der Waals surface area contributed by atoms with Gasteiger partial charge in [-0.3, -0.25) is 0 Å². The maximum Gasteiger partial charge on any atom is 0.0244 e. The van der Waals surface area contributed by atoms with E-state index in [1.807, 2.05) is 0 Å². The van der Waals surface area contributed by atoms with Crippen LogP contribution in [-0.4, -0.2) is 30.6 Å². The third-order valence-electron chi connectivity index (χ3n) is 3.00. The monoisotopic (exact) mass is 184 g/mol. The molecule has 78 valence electrons. The van der Waals surface area contributed by atoms with E-state index in [0.717, 1.165) is 5.92 Å². The molecule has 1 fully saturated rings. The minimum Gasteiger partial charge on any atom is -0.326 e. The Morgan fingerprint density at radius 1 is 1.31 bits per heavy atom. The van der Waals surface area contributed by atoms with Crippen LogP contribution < -0.4 is 5.73 Å². The first-order valence-electron chi connectivity index (χ1n) is 5.57. The Kier molecular flexibility index (Phi) is 4.20. The Hall–Kier alpha value is -0.0800. The summed E-state index contributed by atoms with van der Waals surface area (Å²) in [6, 6.07) is 1.05. The quantitative estimate of drug-likeness (QED) is 0.725. The van der Waals surface area contributed by atoms with E-state index >= 15 is 0 Å². The second-order valence-corrected chi connectivity index (χ2v) is 4.85. The van der Waals surface area contributed by atoms with Crippen molar-refractivity contribution in [1.29, 1.82) is 0 Å². The Bertz CT molecular complexity index is 145. The van der Waals surface area contributed by atoms with Gasteiger partial charge in [0.25, 0.3) is 0 Å². The van der Waals surface area contributed by atoms with Crippen molar-refractivity contribution in [1.82, 2.24) is 4.90 Å². The number of nitrogens with zero attached hydrogens (tertiary/aromatic N) is 1. The normalized spacial score (nSPS) is 30.0. The second-order valence-electron chi connectivity index (χ2n) is 4.85. The lowest BCUT2D eigenvalue weighted by Crippen LogP contribution is -2.48. The fraction of sp³-hybridized carbons (Fsp3) is 1.00. The predicted molar refractivity (Wildman–Crippen MR) is 57.7 cm³/mol. The van der Waals surface area contributed by atoms with Crippen molar-refractivity contribution in [2.24, 2.45) is 11.7 Å². The predicted octanol–water partition coefficient (Wildman–Crippen LogP) is 1.84. The van der Waals surface area contributed by atoms with Gasteiger partial charge in [0.2, 0.25) is 0 Å². The Morgan fingerprint density at radius 2 is 1.92 bits per heavy atom. The summed E-state index contributed by atoms with van der Waals surface area (Å²) in [6.07, 6.45) is 5.20. The Morgan fingerprint density at radius 3 is 2.46 bits per heavy atom.